The van der Waals surface area contributed by atoms with E-state index in [2.05, 4.69) is 0 Å². The second-order valence-electron chi connectivity index (χ2n) is 3.52. The highest BCUT2D eigenvalue weighted by atomic mass is 35.5. The molecule has 1 aliphatic carbocycles. The third kappa shape index (κ3) is 2.45. The number of nitrogens with two attached hydrogens (primary N) is 1. The van der Waals surface area contributed by atoms with Gasteiger partial charge in [0, 0.05) is 6.04 Å². The first kappa shape index (κ1) is 10.2. The average Bonchev–Trinajstić information content (AvgIpc) is 2.40. The fraction of sp³-hybridized carbons (Fsp3) is 1.00. The summed E-state index contributed by atoms with van der Waals surface area (Å²) in [7, 11) is 0. The molecular formula is C7H16ClNO. The summed E-state index contributed by atoms with van der Waals surface area (Å²) < 4.78 is 0. The molecule has 0 saturated heterocycles. The Morgan fingerprint density at radius 2 is 1.90 bits per heavy atom. The summed E-state index contributed by atoms with van der Waals surface area (Å²) >= 11 is 0. The molecule has 1 atom stereocenters. The number of halogens is 1. The maximum Gasteiger partial charge on any atom is 0.0744 e. The van der Waals surface area contributed by atoms with Gasteiger partial charge < -0.3 is 10.8 Å². The molecule has 3 heteroatoms. The molecule has 0 aliphatic heterocycles. The smallest absolute Gasteiger partial charge is 0.0744 e. The molecule has 0 amide bonds. The fourth-order valence-electron chi connectivity index (χ4n) is 1.03. The highest BCUT2D eigenvalue weighted by molar-refractivity contribution is 5.85. The SMILES string of the molecule is CC(C)(O)C(N)C1CC1.Cl. The van der Waals surface area contributed by atoms with Crippen LogP contribution in [0.15, 0.2) is 0 Å². The summed E-state index contributed by atoms with van der Waals surface area (Å²) in [6, 6.07) is -0.0162. The minimum absolute atomic E-state index is 0. The summed E-state index contributed by atoms with van der Waals surface area (Å²) in [5.41, 5.74) is 5.03. The van der Waals surface area contributed by atoms with Gasteiger partial charge in [-0.1, -0.05) is 0 Å². The van der Waals surface area contributed by atoms with E-state index in [1.807, 2.05) is 0 Å². The average molecular weight is 166 g/mol. The second-order valence-corrected chi connectivity index (χ2v) is 3.52. The lowest BCUT2D eigenvalue weighted by Gasteiger charge is -2.25. The van der Waals surface area contributed by atoms with Crippen LogP contribution in [0.5, 0.6) is 0 Å². The maximum atomic E-state index is 9.37. The molecule has 1 rings (SSSR count). The third-order valence-electron chi connectivity index (χ3n) is 1.95. The Kier molecular flexibility index (Phi) is 3.14. The monoisotopic (exact) mass is 165 g/mol. The number of aliphatic hydroxyl groups is 1. The molecule has 3 N–H and O–H groups in total. The molecular weight excluding hydrogens is 150 g/mol. The van der Waals surface area contributed by atoms with Gasteiger partial charge in [-0.3, -0.25) is 0 Å². The Hall–Kier alpha value is 0.210. The van der Waals surface area contributed by atoms with Gasteiger partial charge in [0.05, 0.1) is 5.60 Å². The van der Waals surface area contributed by atoms with Crippen molar-refractivity contribution in [1.82, 2.24) is 0 Å². The normalized spacial score (nSPS) is 21.6. The van der Waals surface area contributed by atoms with Crippen molar-refractivity contribution in [2.45, 2.75) is 38.3 Å². The number of hydrogen-bond donors (Lipinski definition) is 2. The largest absolute Gasteiger partial charge is 0.389 e. The summed E-state index contributed by atoms with van der Waals surface area (Å²) in [5.74, 6) is 0.588. The van der Waals surface area contributed by atoms with E-state index >= 15 is 0 Å². The van der Waals surface area contributed by atoms with Crippen molar-refractivity contribution in [3.05, 3.63) is 0 Å². The minimum atomic E-state index is -0.679. The summed E-state index contributed by atoms with van der Waals surface area (Å²) in [6.45, 7) is 3.55. The lowest BCUT2D eigenvalue weighted by atomic mass is 9.96. The first-order valence-electron chi connectivity index (χ1n) is 3.50. The van der Waals surface area contributed by atoms with Crippen LogP contribution in [0.4, 0.5) is 0 Å². The third-order valence-corrected chi connectivity index (χ3v) is 1.95. The van der Waals surface area contributed by atoms with Crippen molar-refractivity contribution < 1.29 is 5.11 Å². The zero-order valence-corrected chi connectivity index (χ0v) is 7.32. The van der Waals surface area contributed by atoms with Crippen molar-refractivity contribution in [2.24, 2.45) is 11.7 Å². The zero-order chi connectivity index (χ0) is 7.07. The van der Waals surface area contributed by atoms with E-state index in [4.69, 9.17) is 5.73 Å². The molecule has 0 spiro atoms. The highest BCUT2D eigenvalue weighted by Crippen LogP contribution is 2.35. The summed E-state index contributed by atoms with van der Waals surface area (Å²) in [6.07, 6.45) is 2.40. The molecule has 0 bridgehead atoms. The van der Waals surface area contributed by atoms with Crippen molar-refractivity contribution in [3.8, 4) is 0 Å². The van der Waals surface area contributed by atoms with Crippen molar-refractivity contribution in [1.29, 1.82) is 0 Å². The lowest BCUT2D eigenvalue weighted by molar-refractivity contribution is 0.0445. The maximum absolute atomic E-state index is 9.37. The van der Waals surface area contributed by atoms with E-state index in [0.29, 0.717) is 5.92 Å². The Morgan fingerprint density at radius 3 is 2.00 bits per heavy atom. The molecule has 1 fully saturated rings. The zero-order valence-electron chi connectivity index (χ0n) is 6.50. The fourth-order valence-corrected chi connectivity index (χ4v) is 1.03. The van der Waals surface area contributed by atoms with Crippen LogP contribution >= 0.6 is 12.4 Å². The van der Waals surface area contributed by atoms with Crippen LogP contribution in [0, 0.1) is 5.92 Å². The Morgan fingerprint density at radius 1 is 1.50 bits per heavy atom. The molecule has 0 aromatic heterocycles. The molecule has 0 heterocycles. The van der Waals surface area contributed by atoms with Gasteiger partial charge in [-0.05, 0) is 32.6 Å². The van der Waals surface area contributed by atoms with Gasteiger partial charge >= 0.3 is 0 Å². The van der Waals surface area contributed by atoms with Gasteiger partial charge in [0.1, 0.15) is 0 Å². The van der Waals surface area contributed by atoms with Crippen LogP contribution in [0.2, 0.25) is 0 Å². The first-order chi connectivity index (χ1) is 4.02. The standard InChI is InChI=1S/C7H15NO.ClH/c1-7(2,9)6(8)5-3-4-5;/h5-6,9H,3-4,8H2,1-2H3;1H. The van der Waals surface area contributed by atoms with Gasteiger partial charge in [0.25, 0.3) is 0 Å². The van der Waals surface area contributed by atoms with E-state index in [1.54, 1.807) is 13.8 Å². The van der Waals surface area contributed by atoms with Gasteiger partial charge in [0.2, 0.25) is 0 Å². The van der Waals surface area contributed by atoms with E-state index in [1.165, 1.54) is 12.8 Å². The van der Waals surface area contributed by atoms with Crippen LogP contribution in [0.25, 0.3) is 0 Å². The molecule has 1 saturated carbocycles. The molecule has 0 aromatic carbocycles. The lowest BCUT2D eigenvalue weighted by Crippen LogP contribution is -2.44. The van der Waals surface area contributed by atoms with Gasteiger partial charge in [-0.25, -0.2) is 0 Å². The van der Waals surface area contributed by atoms with Gasteiger partial charge in [0.15, 0.2) is 0 Å². The van der Waals surface area contributed by atoms with Gasteiger partial charge in [-0.2, -0.15) is 0 Å². The molecule has 1 aliphatic rings. The van der Waals surface area contributed by atoms with Crippen LogP contribution in [-0.2, 0) is 0 Å². The van der Waals surface area contributed by atoms with Crippen molar-refractivity contribution in [3.63, 3.8) is 0 Å². The number of hydrogen-bond acceptors (Lipinski definition) is 2. The Bertz CT molecular complexity index is 107. The predicted molar refractivity (Wildman–Crippen MR) is 44.2 cm³/mol. The second kappa shape index (κ2) is 3.07. The molecule has 0 radical (unpaired) electrons. The molecule has 1 unspecified atom stereocenters. The highest BCUT2D eigenvalue weighted by Gasteiger charge is 2.37. The first-order valence-corrected chi connectivity index (χ1v) is 3.50. The molecule has 2 nitrogen and oxygen atoms in total. The van der Waals surface area contributed by atoms with E-state index in [-0.39, 0.29) is 18.4 Å². The van der Waals surface area contributed by atoms with E-state index in [9.17, 15) is 5.11 Å². The van der Waals surface area contributed by atoms with E-state index in [0.717, 1.165) is 0 Å². The Labute approximate surface area is 68.2 Å². The topological polar surface area (TPSA) is 46.2 Å². The summed E-state index contributed by atoms with van der Waals surface area (Å²) in [5, 5.41) is 9.37. The minimum Gasteiger partial charge on any atom is -0.389 e. The molecule has 10 heavy (non-hydrogen) atoms. The van der Waals surface area contributed by atoms with Crippen LogP contribution in [-0.4, -0.2) is 16.7 Å². The Balaban J connectivity index is 0.000000810. The van der Waals surface area contributed by atoms with Crippen molar-refractivity contribution >= 4 is 12.4 Å². The van der Waals surface area contributed by atoms with Crippen LogP contribution < -0.4 is 5.73 Å². The van der Waals surface area contributed by atoms with E-state index < -0.39 is 5.60 Å². The number of rotatable bonds is 2. The van der Waals surface area contributed by atoms with Crippen LogP contribution in [0.3, 0.4) is 0 Å². The quantitative estimate of drug-likeness (QED) is 0.639. The molecule has 0 aromatic rings. The molecule has 62 valence electrons. The van der Waals surface area contributed by atoms with Gasteiger partial charge in [-0.15, -0.1) is 12.4 Å². The summed E-state index contributed by atoms with van der Waals surface area (Å²) in [4.78, 5) is 0. The van der Waals surface area contributed by atoms with Crippen LogP contribution in [0.1, 0.15) is 26.7 Å². The predicted octanol–water partition coefficient (Wildman–Crippen LogP) is 0.916. The van der Waals surface area contributed by atoms with Crippen molar-refractivity contribution in [2.75, 3.05) is 0 Å².